The predicted octanol–water partition coefficient (Wildman–Crippen LogP) is 3.76. The quantitative estimate of drug-likeness (QED) is 0.825. The van der Waals surface area contributed by atoms with Gasteiger partial charge in [0.25, 0.3) is 5.91 Å². The van der Waals surface area contributed by atoms with Crippen LogP contribution in [0.15, 0.2) is 18.2 Å². The van der Waals surface area contributed by atoms with Crippen LogP contribution in [-0.2, 0) is 6.18 Å². The van der Waals surface area contributed by atoms with E-state index in [-0.39, 0.29) is 12.0 Å². The number of alkyl halides is 3. The SMILES string of the molecule is CC1CCCC1NC(=O)c1cccc(C(F)(F)F)c1F. The molecule has 110 valence electrons. The second kappa shape index (κ2) is 5.42. The highest BCUT2D eigenvalue weighted by Gasteiger charge is 2.36. The molecular weight excluding hydrogens is 274 g/mol. The summed E-state index contributed by atoms with van der Waals surface area (Å²) in [6, 6.07) is 2.64. The highest BCUT2D eigenvalue weighted by molar-refractivity contribution is 5.95. The van der Waals surface area contributed by atoms with Crippen LogP contribution in [0.5, 0.6) is 0 Å². The molecule has 0 bridgehead atoms. The van der Waals surface area contributed by atoms with Crippen molar-refractivity contribution in [1.82, 2.24) is 5.32 Å². The molecule has 1 amide bonds. The molecular formula is C14H15F4NO. The third-order valence-corrected chi connectivity index (χ3v) is 3.73. The van der Waals surface area contributed by atoms with Gasteiger partial charge in [0.2, 0.25) is 0 Å². The van der Waals surface area contributed by atoms with Crippen LogP contribution in [0.3, 0.4) is 0 Å². The van der Waals surface area contributed by atoms with E-state index >= 15 is 0 Å². The molecule has 0 spiro atoms. The van der Waals surface area contributed by atoms with Gasteiger partial charge >= 0.3 is 6.18 Å². The van der Waals surface area contributed by atoms with Crippen molar-refractivity contribution in [1.29, 1.82) is 0 Å². The fourth-order valence-electron chi connectivity index (χ4n) is 2.53. The van der Waals surface area contributed by atoms with Crippen LogP contribution in [0.1, 0.15) is 42.1 Å². The molecule has 0 saturated heterocycles. The van der Waals surface area contributed by atoms with Crippen LogP contribution < -0.4 is 5.32 Å². The van der Waals surface area contributed by atoms with Crippen molar-refractivity contribution >= 4 is 5.91 Å². The van der Waals surface area contributed by atoms with Gasteiger partial charge in [-0.15, -0.1) is 0 Å². The monoisotopic (exact) mass is 289 g/mol. The number of rotatable bonds is 2. The lowest BCUT2D eigenvalue weighted by Crippen LogP contribution is -2.37. The normalized spacial score (nSPS) is 22.9. The van der Waals surface area contributed by atoms with E-state index in [4.69, 9.17) is 0 Å². The zero-order valence-corrected chi connectivity index (χ0v) is 10.9. The number of carbonyl (C=O) groups is 1. The number of halogens is 4. The topological polar surface area (TPSA) is 29.1 Å². The lowest BCUT2D eigenvalue weighted by Gasteiger charge is -2.18. The minimum absolute atomic E-state index is 0.101. The third-order valence-electron chi connectivity index (χ3n) is 3.73. The first kappa shape index (κ1) is 14.8. The van der Waals surface area contributed by atoms with Gasteiger partial charge < -0.3 is 5.32 Å². The van der Waals surface area contributed by atoms with Crippen molar-refractivity contribution in [3.8, 4) is 0 Å². The number of nitrogens with one attached hydrogen (secondary N) is 1. The average molecular weight is 289 g/mol. The Hall–Kier alpha value is -1.59. The molecule has 1 aromatic rings. The van der Waals surface area contributed by atoms with Crippen molar-refractivity contribution in [3.05, 3.63) is 35.1 Å². The van der Waals surface area contributed by atoms with Crippen molar-refractivity contribution in [2.45, 2.75) is 38.4 Å². The fraction of sp³-hybridized carbons (Fsp3) is 0.500. The summed E-state index contributed by atoms with van der Waals surface area (Å²) in [7, 11) is 0. The van der Waals surface area contributed by atoms with E-state index in [0.717, 1.165) is 31.4 Å². The second-order valence-electron chi connectivity index (χ2n) is 5.15. The molecule has 6 heteroatoms. The van der Waals surface area contributed by atoms with Gasteiger partial charge in [0, 0.05) is 6.04 Å². The smallest absolute Gasteiger partial charge is 0.349 e. The van der Waals surface area contributed by atoms with Crippen LogP contribution in [0, 0.1) is 11.7 Å². The molecule has 0 radical (unpaired) electrons. The Balaban J connectivity index is 2.22. The van der Waals surface area contributed by atoms with Gasteiger partial charge in [0.1, 0.15) is 5.82 Å². The third kappa shape index (κ3) is 2.94. The van der Waals surface area contributed by atoms with Gasteiger partial charge in [-0.1, -0.05) is 19.4 Å². The molecule has 2 nitrogen and oxygen atoms in total. The summed E-state index contributed by atoms with van der Waals surface area (Å²) in [5, 5.41) is 2.62. The number of carbonyl (C=O) groups excluding carboxylic acids is 1. The number of hydrogen-bond acceptors (Lipinski definition) is 1. The van der Waals surface area contributed by atoms with Crippen LogP contribution >= 0.6 is 0 Å². The first-order valence-corrected chi connectivity index (χ1v) is 6.47. The van der Waals surface area contributed by atoms with Gasteiger partial charge in [-0.2, -0.15) is 13.2 Å². The van der Waals surface area contributed by atoms with Crippen LogP contribution in [-0.4, -0.2) is 11.9 Å². The number of hydrogen-bond donors (Lipinski definition) is 1. The van der Waals surface area contributed by atoms with Gasteiger partial charge in [0.05, 0.1) is 11.1 Å². The lowest BCUT2D eigenvalue weighted by molar-refractivity contribution is -0.140. The molecule has 2 unspecified atom stereocenters. The van der Waals surface area contributed by atoms with E-state index in [0.29, 0.717) is 6.07 Å². The minimum atomic E-state index is -4.80. The maximum absolute atomic E-state index is 13.8. The highest BCUT2D eigenvalue weighted by atomic mass is 19.4. The van der Waals surface area contributed by atoms with Crippen LogP contribution in [0.2, 0.25) is 0 Å². The van der Waals surface area contributed by atoms with E-state index in [1.54, 1.807) is 0 Å². The lowest BCUT2D eigenvalue weighted by atomic mass is 10.0. The molecule has 0 aromatic heterocycles. The zero-order chi connectivity index (χ0) is 14.9. The Labute approximate surface area is 114 Å². The highest BCUT2D eigenvalue weighted by Crippen LogP contribution is 2.32. The summed E-state index contributed by atoms with van der Waals surface area (Å²) < 4.78 is 51.6. The molecule has 1 aliphatic carbocycles. The molecule has 1 N–H and O–H groups in total. The maximum atomic E-state index is 13.8. The standard InChI is InChI=1S/C14H15F4NO/c1-8-4-2-7-11(8)19-13(20)9-5-3-6-10(12(9)15)14(16,17)18/h3,5-6,8,11H,2,4,7H2,1H3,(H,19,20). The summed E-state index contributed by atoms with van der Waals surface area (Å²) in [6.45, 7) is 1.96. The maximum Gasteiger partial charge on any atom is 0.419 e. The Morgan fingerprint density at radius 2 is 2.00 bits per heavy atom. The second-order valence-corrected chi connectivity index (χ2v) is 5.15. The van der Waals surface area contributed by atoms with E-state index in [9.17, 15) is 22.4 Å². The largest absolute Gasteiger partial charge is 0.419 e. The van der Waals surface area contributed by atoms with Crippen LogP contribution in [0.25, 0.3) is 0 Å². The van der Waals surface area contributed by atoms with E-state index < -0.39 is 29.0 Å². The van der Waals surface area contributed by atoms with Crippen molar-refractivity contribution in [2.75, 3.05) is 0 Å². The summed E-state index contributed by atoms with van der Waals surface area (Å²) in [5.74, 6) is -2.04. The summed E-state index contributed by atoms with van der Waals surface area (Å²) in [5.41, 5.74) is -1.97. The molecule has 1 fully saturated rings. The first-order valence-electron chi connectivity index (χ1n) is 6.47. The van der Waals surface area contributed by atoms with Gasteiger partial charge in [-0.25, -0.2) is 4.39 Å². The number of benzene rings is 1. The molecule has 0 aliphatic heterocycles. The van der Waals surface area contributed by atoms with Gasteiger partial charge in [0.15, 0.2) is 0 Å². The molecule has 0 heterocycles. The summed E-state index contributed by atoms with van der Waals surface area (Å²) >= 11 is 0. The predicted molar refractivity (Wildman–Crippen MR) is 65.7 cm³/mol. The van der Waals surface area contributed by atoms with Crippen molar-refractivity contribution < 1.29 is 22.4 Å². The number of amides is 1. The molecule has 2 rings (SSSR count). The molecule has 1 saturated carbocycles. The minimum Gasteiger partial charge on any atom is -0.349 e. The van der Waals surface area contributed by atoms with Gasteiger partial charge in [-0.05, 0) is 30.9 Å². The fourth-order valence-corrected chi connectivity index (χ4v) is 2.53. The Kier molecular flexibility index (Phi) is 4.01. The Morgan fingerprint density at radius 1 is 1.30 bits per heavy atom. The molecule has 2 atom stereocenters. The Bertz CT molecular complexity index is 512. The summed E-state index contributed by atoms with van der Waals surface area (Å²) in [6.07, 6.45) is -2.12. The van der Waals surface area contributed by atoms with Crippen molar-refractivity contribution in [2.24, 2.45) is 5.92 Å². The van der Waals surface area contributed by atoms with E-state index in [1.807, 2.05) is 6.92 Å². The molecule has 20 heavy (non-hydrogen) atoms. The van der Waals surface area contributed by atoms with Gasteiger partial charge in [-0.3, -0.25) is 4.79 Å². The average Bonchev–Trinajstić information content (AvgIpc) is 2.73. The molecule has 1 aromatic carbocycles. The summed E-state index contributed by atoms with van der Waals surface area (Å²) in [4.78, 5) is 11.9. The van der Waals surface area contributed by atoms with Crippen LogP contribution in [0.4, 0.5) is 17.6 Å². The van der Waals surface area contributed by atoms with E-state index in [1.165, 1.54) is 0 Å². The Morgan fingerprint density at radius 3 is 2.55 bits per heavy atom. The molecule has 1 aliphatic rings. The van der Waals surface area contributed by atoms with E-state index in [2.05, 4.69) is 5.32 Å². The zero-order valence-electron chi connectivity index (χ0n) is 10.9. The first-order chi connectivity index (χ1) is 9.30. The van der Waals surface area contributed by atoms with Crippen molar-refractivity contribution in [3.63, 3.8) is 0 Å².